The zero-order chi connectivity index (χ0) is 19.6. The van der Waals surface area contributed by atoms with Gasteiger partial charge < -0.3 is 20.2 Å². The average molecular weight is 372 g/mol. The second-order valence-corrected chi connectivity index (χ2v) is 6.67. The summed E-state index contributed by atoms with van der Waals surface area (Å²) in [4.78, 5) is 32.0. The number of aliphatic hydroxyl groups is 1. The Balaban J connectivity index is 1.74. The molecule has 3 heterocycles. The van der Waals surface area contributed by atoms with Crippen LogP contribution in [0.5, 0.6) is 0 Å². The molecule has 9 nitrogen and oxygen atoms in total. The molecule has 0 bridgehead atoms. The molecule has 2 N–H and O–H groups in total. The number of nitrogens with one attached hydrogen (secondary N) is 1. The lowest BCUT2D eigenvalue weighted by molar-refractivity contribution is -0.130. The maximum Gasteiger partial charge on any atom is 0.258 e. The van der Waals surface area contributed by atoms with Gasteiger partial charge in [0.2, 0.25) is 5.91 Å². The number of aromatic nitrogens is 3. The number of carbonyl (C=O) groups excluding carboxylic acids is 2. The minimum Gasteiger partial charge on any atom is -0.386 e. The highest BCUT2D eigenvalue weighted by atomic mass is 16.3. The minimum absolute atomic E-state index is 0.0205. The molecule has 27 heavy (non-hydrogen) atoms. The molecule has 0 unspecified atom stereocenters. The first kappa shape index (κ1) is 18.8. The summed E-state index contributed by atoms with van der Waals surface area (Å²) in [7, 11) is 5.02. The van der Waals surface area contributed by atoms with Gasteiger partial charge in [-0.1, -0.05) is 0 Å². The molecular formula is C18H24N6O3. The Labute approximate surface area is 157 Å². The number of hydrogen-bond donors (Lipinski definition) is 2. The fraction of sp³-hybridized carbons (Fsp3) is 0.444. The lowest BCUT2D eigenvalue weighted by Crippen LogP contribution is -2.38. The Morgan fingerprint density at radius 2 is 2.15 bits per heavy atom. The van der Waals surface area contributed by atoms with Crippen molar-refractivity contribution >= 4 is 17.6 Å². The van der Waals surface area contributed by atoms with E-state index < -0.39 is 6.10 Å². The number of anilines is 1. The highest BCUT2D eigenvalue weighted by Crippen LogP contribution is 2.23. The van der Waals surface area contributed by atoms with E-state index >= 15 is 0 Å². The van der Waals surface area contributed by atoms with E-state index in [-0.39, 0.29) is 18.2 Å². The van der Waals surface area contributed by atoms with Crippen LogP contribution in [-0.2, 0) is 17.9 Å². The van der Waals surface area contributed by atoms with Crippen LogP contribution < -0.4 is 5.32 Å². The van der Waals surface area contributed by atoms with Gasteiger partial charge in [-0.25, -0.2) is 4.98 Å². The van der Waals surface area contributed by atoms with E-state index in [1.54, 1.807) is 55.1 Å². The van der Waals surface area contributed by atoms with Crippen molar-refractivity contribution in [3.05, 3.63) is 41.3 Å². The molecule has 0 spiro atoms. The summed E-state index contributed by atoms with van der Waals surface area (Å²) in [5.74, 6) is 0.270. The molecule has 1 atom stereocenters. The van der Waals surface area contributed by atoms with Gasteiger partial charge in [0.25, 0.3) is 5.91 Å². The summed E-state index contributed by atoms with van der Waals surface area (Å²) >= 11 is 0. The van der Waals surface area contributed by atoms with Crippen molar-refractivity contribution < 1.29 is 14.7 Å². The number of rotatable bonds is 5. The SMILES string of the molecule is CNc1ncccc1C(=O)N1CCn2nc([C@H](O)CC(=O)N(C)C)cc2C1. The largest absolute Gasteiger partial charge is 0.386 e. The molecule has 2 aromatic heterocycles. The van der Waals surface area contributed by atoms with Crippen molar-refractivity contribution in [2.24, 2.45) is 0 Å². The first-order valence-electron chi connectivity index (χ1n) is 8.77. The summed E-state index contributed by atoms with van der Waals surface area (Å²) in [6, 6.07) is 5.24. The van der Waals surface area contributed by atoms with Crippen molar-refractivity contribution in [1.82, 2.24) is 24.6 Å². The molecule has 0 fully saturated rings. The van der Waals surface area contributed by atoms with E-state index in [4.69, 9.17) is 0 Å². The molecule has 2 aromatic rings. The highest BCUT2D eigenvalue weighted by molar-refractivity contribution is 5.98. The van der Waals surface area contributed by atoms with Crippen molar-refractivity contribution in [3.63, 3.8) is 0 Å². The zero-order valence-corrected chi connectivity index (χ0v) is 15.7. The van der Waals surface area contributed by atoms with Crippen LogP contribution in [0, 0.1) is 0 Å². The number of hydrogen-bond acceptors (Lipinski definition) is 6. The zero-order valence-electron chi connectivity index (χ0n) is 15.7. The van der Waals surface area contributed by atoms with Crippen LogP contribution in [0.25, 0.3) is 0 Å². The van der Waals surface area contributed by atoms with Crippen LogP contribution in [0.4, 0.5) is 5.82 Å². The second kappa shape index (κ2) is 7.75. The van der Waals surface area contributed by atoms with Crippen molar-refractivity contribution in [1.29, 1.82) is 0 Å². The van der Waals surface area contributed by atoms with Gasteiger partial charge in [-0.3, -0.25) is 14.3 Å². The van der Waals surface area contributed by atoms with Gasteiger partial charge in [0, 0.05) is 33.9 Å². The monoisotopic (exact) mass is 372 g/mol. The van der Waals surface area contributed by atoms with E-state index in [1.807, 2.05) is 0 Å². The van der Waals surface area contributed by atoms with Gasteiger partial charge in [0.05, 0.1) is 36.5 Å². The minimum atomic E-state index is -0.962. The van der Waals surface area contributed by atoms with E-state index in [0.717, 1.165) is 5.69 Å². The first-order chi connectivity index (χ1) is 12.9. The molecule has 0 radical (unpaired) electrons. The number of amides is 2. The second-order valence-electron chi connectivity index (χ2n) is 6.67. The van der Waals surface area contributed by atoms with Crippen LogP contribution >= 0.6 is 0 Å². The van der Waals surface area contributed by atoms with Crippen molar-refractivity contribution in [2.45, 2.75) is 25.6 Å². The number of aliphatic hydroxyl groups excluding tert-OH is 1. The van der Waals surface area contributed by atoms with E-state index in [9.17, 15) is 14.7 Å². The topological polar surface area (TPSA) is 104 Å². The standard InChI is InChI=1S/C18H24N6O3/c1-19-17-13(5-4-6-20-17)18(27)23-7-8-24-12(11-23)9-14(21-24)15(25)10-16(26)22(2)3/h4-6,9,15,25H,7-8,10-11H2,1-3H3,(H,19,20)/t15-/m1/s1. The smallest absolute Gasteiger partial charge is 0.258 e. The Bertz CT molecular complexity index is 847. The van der Waals surface area contributed by atoms with E-state index in [2.05, 4.69) is 15.4 Å². The van der Waals surface area contributed by atoms with Crippen LogP contribution in [0.15, 0.2) is 24.4 Å². The number of carbonyl (C=O) groups is 2. The predicted molar refractivity (Wildman–Crippen MR) is 99.0 cm³/mol. The predicted octanol–water partition coefficient (Wildman–Crippen LogP) is 0.488. The lowest BCUT2D eigenvalue weighted by atomic mass is 10.1. The lowest BCUT2D eigenvalue weighted by Gasteiger charge is -2.28. The summed E-state index contributed by atoms with van der Waals surface area (Å²) in [6.07, 6.45) is 0.653. The van der Waals surface area contributed by atoms with Gasteiger partial charge in [-0.05, 0) is 18.2 Å². The number of pyridine rings is 1. The van der Waals surface area contributed by atoms with Crippen LogP contribution in [0.1, 0.15) is 34.3 Å². The Hall–Kier alpha value is -2.94. The molecule has 9 heteroatoms. The molecule has 0 aliphatic carbocycles. The first-order valence-corrected chi connectivity index (χ1v) is 8.77. The maximum absolute atomic E-state index is 12.9. The third kappa shape index (κ3) is 3.92. The normalized spacial score (nSPS) is 14.4. The molecule has 0 saturated heterocycles. The Kier molecular flexibility index (Phi) is 5.41. The van der Waals surface area contributed by atoms with Crippen molar-refractivity contribution in [2.75, 3.05) is 33.0 Å². The summed E-state index contributed by atoms with van der Waals surface area (Å²) in [6.45, 7) is 1.43. The molecule has 1 aliphatic rings. The molecule has 3 rings (SSSR count). The van der Waals surface area contributed by atoms with Crippen LogP contribution in [0.2, 0.25) is 0 Å². The number of nitrogens with zero attached hydrogens (tertiary/aromatic N) is 5. The molecule has 0 saturated carbocycles. The van der Waals surface area contributed by atoms with Gasteiger partial charge in [-0.15, -0.1) is 0 Å². The van der Waals surface area contributed by atoms with Crippen LogP contribution in [0.3, 0.4) is 0 Å². The fourth-order valence-electron chi connectivity index (χ4n) is 3.02. The molecule has 1 aliphatic heterocycles. The third-order valence-electron chi connectivity index (χ3n) is 4.59. The maximum atomic E-state index is 12.9. The average Bonchev–Trinajstić information content (AvgIpc) is 3.10. The quantitative estimate of drug-likeness (QED) is 0.792. The Morgan fingerprint density at radius 1 is 1.37 bits per heavy atom. The van der Waals surface area contributed by atoms with Crippen molar-refractivity contribution in [3.8, 4) is 0 Å². The summed E-state index contributed by atoms with van der Waals surface area (Å²) in [5, 5.41) is 17.6. The Morgan fingerprint density at radius 3 is 2.85 bits per heavy atom. The molecule has 144 valence electrons. The third-order valence-corrected chi connectivity index (χ3v) is 4.59. The van der Waals surface area contributed by atoms with E-state index in [1.165, 1.54) is 4.90 Å². The number of fused-ring (bicyclic) bond motifs is 1. The van der Waals surface area contributed by atoms with Gasteiger partial charge in [-0.2, -0.15) is 5.10 Å². The molecular weight excluding hydrogens is 348 g/mol. The fourth-order valence-corrected chi connectivity index (χ4v) is 3.02. The van der Waals surface area contributed by atoms with E-state index in [0.29, 0.717) is 36.7 Å². The van der Waals surface area contributed by atoms with Crippen LogP contribution in [-0.4, -0.2) is 69.2 Å². The molecule has 2 amide bonds. The molecule has 0 aromatic carbocycles. The highest BCUT2D eigenvalue weighted by Gasteiger charge is 2.26. The van der Waals surface area contributed by atoms with Gasteiger partial charge in [0.15, 0.2) is 0 Å². The summed E-state index contributed by atoms with van der Waals surface area (Å²) in [5.41, 5.74) is 1.80. The summed E-state index contributed by atoms with van der Waals surface area (Å²) < 4.78 is 1.78. The van der Waals surface area contributed by atoms with Gasteiger partial charge >= 0.3 is 0 Å². The van der Waals surface area contributed by atoms with Gasteiger partial charge in [0.1, 0.15) is 11.9 Å².